The minimum absolute atomic E-state index is 0.0398. The number of hydrogen-bond acceptors (Lipinski definition) is 4. The topological polar surface area (TPSA) is 72.0 Å². The summed E-state index contributed by atoms with van der Waals surface area (Å²) in [5.41, 5.74) is 0. The van der Waals surface area contributed by atoms with Crippen molar-refractivity contribution in [3.63, 3.8) is 0 Å². The molecule has 0 unspecified atom stereocenters. The largest absolute Gasteiger partial charge is 0.264 e. The number of hydrogen-bond donors (Lipinski definition) is 1. The lowest BCUT2D eigenvalue weighted by Crippen LogP contribution is -2.15. The number of nitrogens with one attached hydrogen (secondary N) is 1. The van der Waals surface area contributed by atoms with Gasteiger partial charge in [-0.3, -0.25) is 0 Å². The fourth-order valence-electron chi connectivity index (χ4n) is 1.21. The van der Waals surface area contributed by atoms with E-state index < -0.39 is 26.6 Å². The van der Waals surface area contributed by atoms with Gasteiger partial charge in [-0.1, -0.05) is 11.6 Å². The van der Waals surface area contributed by atoms with Gasteiger partial charge in [0.2, 0.25) is 5.95 Å². The van der Waals surface area contributed by atoms with Crippen LogP contribution in [0.2, 0.25) is 5.15 Å². The van der Waals surface area contributed by atoms with Crippen LogP contribution in [0, 0.1) is 11.6 Å². The first kappa shape index (κ1) is 13.6. The van der Waals surface area contributed by atoms with Crippen LogP contribution in [0.4, 0.5) is 14.7 Å². The molecule has 0 bridgehead atoms. The van der Waals surface area contributed by atoms with Gasteiger partial charge in [-0.2, -0.15) is 0 Å². The van der Waals surface area contributed by atoms with E-state index in [0.29, 0.717) is 12.1 Å². The lowest BCUT2D eigenvalue weighted by Gasteiger charge is -2.06. The summed E-state index contributed by atoms with van der Waals surface area (Å²) in [6, 6.07) is 3.55. The molecular weight excluding hydrogens is 300 g/mol. The van der Waals surface area contributed by atoms with Crippen LogP contribution in [0.5, 0.6) is 0 Å². The summed E-state index contributed by atoms with van der Waals surface area (Å²) < 4.78 is 51.4. The van der Waals surface area contributed by atoms with Gasteiger partial charge in [0.25, 0.3) is 10.0 Å². The van der Waals surface area contributed by atoms with E-state index in [0.717, 1.165) is 6.07 Å². The summed E-state index contributed by atoms with van der Waals surface area (Å²) in [5, 5.41) is 0.0398. The van der Waals surface area contributed by atoms with Gasteiger partial charge in [-0.25, -0.2) is 31.9 Å². The van der Waals surface area contributed by atoms with Crippen LogP contribution in [0.25, 0.3) is 0 Å². The zero-order valence-electron chi connectivity index (χ0n) is 9.14. The molecule has 0 saturated carbocycles. The Morgan fingerprint density at radius 2 is 1.89 bits per heavy atom. The Balaban J connectivity index is 2.35. The van der Waals surface area contributed by atoms with Crippen molar-refractivity contribution in [1.82, 2.24) is 9.97 Å². The SMILES string of the molecule is O=S(=O)(Nc1nccc(Cl)n1)c1ccc(F)c(F)c1. The monoisotopic (exact) mass is 305 g/mol. The van der Waals surface area contributed by atoms with E-state index in [1.165, 1.54) is 12.3 Å². The second-order valence-electron chi connectivity index (χ2n) is 3.38. The van der Waals surface area contributed by atoms with E-state index >= 15 is 0 Å². The molecule has 0 amide bonds. The molecule has 0 fully saturated rings. The van der Waals surface area contributed by atoms with Gasteiger partial charge in [0.05, 0.1) is 4.90 Å². The van der Waals surface area contributed by atoms with Crippen molar-refractivity contribution in [2.45, 2.75) is 4.90 Å². The molecule has 2 aromatic rings. The first-order valence-corrected chi connectivity index (χ1v) is 6.71. The molecule has 0 aliphatic heterocycles. The molecule has 1 aromatic carbocycles. The van der Waals surface area contributed by atoms with E-state index in [9.17, 15) is 17.2 Å². The molecule has 0 aliphatic carbocycles. The highest BCUT2D eigenvalue weighted by molar-refractivity contribution is 7.92. The lowest BCUT2D eigenvalue weighted by atomic mass is 10.3. The zero-order valence-corrected chi connectivity index (χ0v) is 10.7. The summed E-state index contributed by atoms with van der Waals surface area (Å²) in [5.74, 6) is -2.68. The Bertz CT molecular complexity index is 724. The van der Waals surface area contributed by atoms with Crippen LogP contribution in [0.1, 0.15) is 0 Å². The Morgan fingerprint density at radius 1 is 1.16 bits per heavy atom. The van der Waals surface area contributed by atoms with Gasteiger partial charge < -0.3 is 0 Å². The first-order valence-electron chi connectivity index (χ1n) is 4.85. The van der Waals surface area contributed by atoms with Crippen LogP contribution in [-0.4, -0.2) is 18.4 Å². The average molecular weight is 306 g/mol. The summed E-state index contributed by atoms with van der Waals surface area (Å²) >= 11 is 5.57. The number of benzene rings is 1. The van der Waals surface area contributed by atoms with Crippen molar-refractivity contribution >= 4 is 27.6 Å². The van der Waals surface area contributed by atoms with Gasteiger partial charge in [-0.15, -0.1) is 0 Å². The van der Waals surface area contributed by atoms with E-state index in [-0.39, 0.29) is 11.1 Å². The third-order valence-electron chi connectivity index (χ3n) is 2.05. The average Bonchev–Trinajstić information content (AvgIpc) is 2.32. The Labute approximate surface area is 112 Å². The molecule has 1 aromatic heterocycles. The van der Waals surface area contributed by atoms with Crippen molar-refractivity contribution in [2.24, 2.45) is 0 Å². The normalized spacial score (nSPS) is 11.3. The van der Waals surface area contributed by atoms with Crippen LogP contribution < -0.4 is 4.72 Å². The number of sulfonamides is 1. The summed E-state index contributed by atoms with van der Waals surface area (Å²) in [6.07, 6.45) is 1.25. The van der Waals surface area contributed by atoms with Gasteiger partial charge >= 0.3 is 0 Å². The Morgan fingerprint density at radius 3 is 2.53 bits per heavy atom. The van der Waals surface area contributed by atoms with E-state index in [1.807, 2.05) is 4.72 Å². The molecular formula is C10H6ClF2N3O2S. The van der Waals surface area contributed by atoms with E-state index in [4.69, 9.17) is 11.6 Å². The Hall–Kier alpha value is -1.80. The molecule has 0 radical (unpaired) electrons. The number of nitrogens with zero attached hydrogens (tertiary/aromatic N) is 2. The minimum atomic E-state index is -4.11. The van der Waals surface area contributed by atoms with Crippen molar-refractivity contribution < 1.29 is 17.2 Å². The molecule has 19 heavy (non-hydrogen) atoms. The van der Waals surface area contributed by atoms with Crippen molar-refractivity contribution in [3.05, 3.63) is 47.2 Å². The fourth-order valence-corrected chi connectivity index (χ4v) is 2.31. The van der Waals surface area contributed by atoms with E-state index in [1.54, 1.807) is 0 Å². The van der Waals surface area contributed by atoms with Crippen molar-refractivity contribution in [3.8, 4) is 0 Å². The minimum Gasteiger partial charge on any atom is -0.247 e. The maximum absolute atomic E-state index is 13.0. The molecule has 1 N–H and O–H groups in total. The molecule has 0 aliphatic rings. The summed E-state index contributed by atoms with van der Waals surface area (Å²) in [7, 11) is -4.11. The third kappa shape index (κ3) is 3.15. The standard InChI is InChI=1S/C10H6ClF2N3O2S/c11-9-3-4-14-10(15-9)16-19(17,18)6-1-2-7(12)8(13)5-6/h1-5H,(H,14,15,16). The van der Waals surface area contributed by atoms with Crippen molar-refractivity contribution in [2.75, 3.05) is 4.72 Å². The second-order valence-corrected chi connectivity index (χ2v) is 5.45. The highest BCUT2D eigenvalue weighted by atomic mass is 35.5. The quantitative estimate of drug-likeness (QED) is 0.883. The number of anilines is 1. The maximum Gasteiger partial charge on any atom is 0.264 e. The molecule has 0 saturated heterocycles. The first-order chi connectivity index (χ1) is 8.88. The molecule has 1 heterocycles. The maximum atomic E-state index is 13.0. The number of aromatic nitrogens is 2. The predicted octanol–water partition coefficient (Wildman–Crippen LogP) is 2.21. The number of halogens is 3. The molecule has 0 spiro atoms. The molecule has 100 valence electrons. The highest BCUT2D eigenvalue weighted by Crippen LogP contribution is 2.16. The lowest BCUT2D eigenvalue weighted by molar-refractivity contribution is 0.504. The van der Waals surface area contributed by atoms with Crippen LogP contribution in [-0.2, 0) is 10.0 Å². The van der Waals surface area contributed by atoms with Crippen LogP contribution in [0.3, 0.4) is 0 Å². The molecule has 5 nitrogen and oxygen atoms in total. The smallest absolute Gasteiger partial charge is 0.247 e. The summed E-state index contributed by atoms with van der Waals surface area (Å²) in [4.78, 5) is 6.81. The van der Waals surface area contributed by atoms with Gasteiger partial charge in [0.15, 0.2) is 11.6 Å². The van der Waals surface area contributed by atoms with Gasteiger partial charge in [0.1, 0.15) is 5.15 Å². The fraction of sp³-hybridized carbons (Fsp3) is 0. The second kappa shape index (κ2) is 5.06. The Kier molecular flexibility index (Phi) is 3.63. The molecule has 0 atom stereocenters. The predicted molar refractivity (Wildman–Crippen MR) is 64.2 cm³/mol. The van der Waals surface area contributed by atoms with Crippen LogP contribution >= 0.6 is 11.6 Å². The number of rotatable bonds is 3. The summed E-state index contributed by atoms with van der Waals surface area (Å²) in [6.45, 7) is 0. The zero-order chi connectivity index (χ0) is 14.0. The van der Waals surface area contributed by atoms with Crippen LogP contribution in [0.15, 0.2) is 35.4 Å². The molecule has 2 rings (SSSR count). The highest BCUT2D eigenvalue weighted by Gasteiger charge is 2.17. The van der Waals surface area contributed by atoms with E-state index in [2.05, 4.69) is 9.97 Å². The van der Waals surface area contributed by atoms with Gasteiger partial charge in [-0.05, 0) is 24.3 Å². The molecule has 9 heteroatoms. The van der Waals surface area contributed by atoms with Crippen molar-refractivity contribution in [1.29, 1.82) is 0 Å². The van der Waals surface area contributed by atoms with Gasteiger partial charge in [0, 0.05) is 6.20 Å². The third-order valence-corrected chi connectivity index (χ3v) is 3.58.